The van der Waals surface area contributed by atoms with Crippen molar-refractivity contribution in [2.45, 2.75) is 13.0 Å². The summed E-state index contributed by atoms with van der Waals surface area (Å²) in [6.45, 7) is 1.32. The monoisotopic (exact) mass is 306 g/mol. The van der Waals surface area contributed by atoms with Crippen LogP contribution in [0.2, 0.25) is 0 Å². The topological polar surface area (TPSA) is 9.23 Å². The van der Waals surface area contributed by atoms with Crippen LogP contribution in [0.1, 0.15) is 11.1 Å². The number of halogens is 6. The van der Waals surface area contributed by atoms with Gasteiger partial charge in [0.05, 0.1) is 0 Å². The summed E-state index contributed by atoms with van der Waals surface area (Å²) in [4.78, 5) is 0. The summed E-state index contributed by atoms with van der Waals surface area (Å²) in [6.07, 6.45) is -4.38. The van der Waals surface area contributed by atoms with E-state index in [1.165, 1.54) is 6.92 Å². The van der Waals surface area contributed by atoms with Gasteiger partial charge in [0.2, 0.25) is 0 Å². The largest absolute Gasteiger partial charge is 0.432 e. The molecule has 2 rings (SSSR count). The summed E-state index contributed by atoms with van der Waals surface area (Å²) < 4.78 is 84.4. The Morgan fingerprint density at radius 1 is 0.810 bits per heavy atom. The highest BCUT2D eigenvalue weighted by atomic mass is 19.3. The molecule has 0 aliphatic rings. The van der Waals surface area contributed by atoms with Crippen LogP contribution >= 0.6 is 0 Å². The number of hydrogen-bond acceptors (Lipinski definition) is 1. The third-order valence-corrected chi connectivity index (χ3v) is 2.61. The van der Waals surface area contributed by atoms with E-state index < -0.39 is 40.7 Å². The standard InChI is InChI=1S/C14H8F6O/c1-7-4-11(17)13(12(18)5-7)14(19,20)21-8-2-3-9(15)10(16)6-8/h2-6H,1H3. The molecule has 7 heteroatoms. The third kappa shape index (κ3) is 3.12. The lowest BCUT2D eigenvalue weighted by molar-refractivity contribution is -0.189. The Morgan fingerprint density at radius 3 is 1.90 bits per heavy atom. The van der Waals surface area contributed by atoms with Gasteiger partial charge in [-0.2, -0.15) is 8.78 Å². The van der Waals surface area contributed by atoms with Crippen LogP contribution in [-0.2, 0) is 6.11 Å². The average molecular weight is 306 g/mol. The minimum atomic E-state index is -4.38. The first-order chi connectivity index (χ1) is 9.70. The highest BCUT2D eigenvalue weighted by Crippen LogP contribution is 2.35. The smallest absolute Gasteiger partial charge is 0.429 e. The van der Waals surface area contributed by atoms with E-state index in [-0.39, 0.29) is 5.56 Å². The van der Waals surface area contributed by atoms with Gasteiger partial charge in [-0.15, -0.1) is 0 Å². The van der Waals surface area contributed by atoms with Crippen LogP contribution in [-0.4, -0.2) is 0 Å². The molecule has 0 saturated heterocycles. The number of hydrogen-bond donors (Lipinski definition) is 0. The van der Waals surface area contributed by atoms with Gasteiger partial charge >= 0.3 is 6.11 Å². The van der Waals surface area contributed by atoms with E-state index in [9.17, 15) is 26.3 Å². The van der Waals surface area contributed by atoms with E-state index in [0.29, 0.717) is 24.3 Å². The maximum atomic E-state index is 13.8. The van der Waals surface area contributed by atoms with Gasteiger partial charge in [0.25, 0.3) is 0 Å². The molecule has 0 unspecified atom stereocenters. The molecular weight excluding hydrogens is 298 g/mol. The molecular formula is C14H8F6O. The minimum absolute atomic E-state index is 0.109. The van der Waals surface area contributed by atoms with Crippen molar-refractivity contribution in [2.24, 2.45) is 0 Å². The number of alkyl halides is 2. The third-order valence-electron chi connectivity index (χ3n) is 2.61. The first-order valence-corrected chi connectivity index (χ1v) is 5.68. The second-order valence-corrected chi connectivity index (χ2v) is 4.30. The highest BCUT2D eigenvalue weighted by molar-refractivity contribution is 5.30. The Kier molecular flexibility index (Phi) is 3.85. The van der Waals surface area contributed by atoms with Gasteiger partial charge < -0.3 is 4.74 Å². The molecule has 2 aromatic rings. The zero-order valence-corrected chi connectivity index (χ0v) is 10.6. The Balaban J connectivity index is 2.40. The molecule has 0 aliphatic carbocycles. The van der Waals surface area contributed by atoms with Crippen LogP contribution in [0, 0.1) is 30.2 Å². The number of benzene rings is 2. The molecule has 0 fully saturated rings. The molecule has 2 aromatic carbocycles. The quantitative estimate of drug-likeness (QED) is 0.748. The van der Waals surface area contributed by atoms with Crippen molar-refractivity contribution in [1.29, 1.82) is 0 Å². The maximum absolute atomic E-state index is 13.8. The molecule has 0 N–H and O–H groups in total. The molecule has 0 spiro atoms. The van der Waals surface area contributed by atoms with Crippen LogP contribution in [0.3, 0.4) is 0 Å². The van der Waals surface area contributed by atoms with Gasteiger partial charge in [0.1, 0.15) is 22.9 Å². The van der Waals surface area contributed by atoms with Crippen molar-refractivity contribution in [3.63, 3.8) is 0 Å². The fourth-order valence-corrected chi connectivity index (χ4v) is 1.72. The van der Waals surface area contributed by atoms with E-state index in [0.717, 1.165) is 6.07 Å². The van der Waals surface area contributed by atoms with E-state index in [1.807, 2.05) is 0 Å². The minimum Gasteiger partial charge on any atom is -0.429 e. The van der Waals surface area contributed by atoms with E-state index in [4.69, 9.17) is 0 Å². The molecule has 0 aliphatic heterocycles. The van der Waals surface area contributed by atoms with Crippen LogP contribution < -0.4 is 4.74 Å². The summed E-state index contributed by atoms with van der Waals surface area (Å²) in [5, 5.41) is 0. The Morgan fingerprint density at radius 2 is 1.38 bits per heavy atom. The van der Waals surface area contributed by atoms with Crippen LogP contribution in [0.25, 0.3) is 0 Å². The molecule has 1 nitrogen and oxygen atoms in total. The van der Waals surface area contributed by atoms with Crippen LogP contribution in [0.5, 0.6) is 5.75 Å². The lowest BCUT2D eigenvalue weighted by Crippen LogP contribution is -2.25. The van der Waals surface area contributed by atoms with Gasteiger partial charge in [-0.05, 0) is 36.8 Å². The number of ether oxygens (including phenoxy) is 1. The average Bonchev–Trinajstić information content (AvgIpc) is 2.31. The van der Waals surface area contributed by atoms with Crippen LogP contribution in [0.4, 0.5) is 26.3 Å². The highest BCUT2D eigenvalue weighted by Gasteiger charge is 2.41. The van der Waals surface area contributed by atoms with Crippen molar-refractivity contribution in [3.8, 4) is 5.75 Å². The summed E-state index contributed by atoms with van der Waals surface area (Å²) in [7, 11) is 0. The normalized spacial score (nSPS) is 11.6. The van der Waals surface area contributed by atoms with Crippen molar-refractivity contribution in [2.75, 3.05) is 0 Å². The summed E-state index contributed by atoms with van der Waals surface area (Å²) in [5.74, 6) is -6.45. The molecule has 21 heavy (non-hydrogen) atoms. The second-order valence-electron chi connectivity index (χ2n) is 4.30. The Bertz CT molecular complexity index is 660. The van der Waals surface area contributed by atoms with Gasteiger partial charge in [0, 0.05) is 6.07 Å². The van der Waals surface area contributed by atoms with E-state index >= 15 is 0 Å². The molecule has 0 atom stereocenters. The van der Waals surface area contributed by atoms with Crippen molar-refractivity contribution in [3.05, 3.63) is 64.7 Å². The maximum Gasteiger partial charge on any atom is 0.432 e. The van der Waals surface area contributed by atoms with E-state index in [1.54, 1.807) is 0 Å². The first-order valence-electron chi connectivity index (χ1n) is 5.68. The Labute approximate surface area is 115 Å². The lowest BCUT2D eigenvalue weighted by Gasteiger charge is -2.19. The zero-order chi connectivity index (χ0) is 15.8. The molecule has 0 saturated carbocycles. The molecule has 0 amide bonds. The fraction of sp³-hybridized carbons (Fsp3) is 0.143. The Hall–Kier alpha value is -2.18. The van der Waals surface area contributed by atoms with Gasteiger partial charge in [-0.3, -0.25) is 0 Å². The number of aryl methyl sites for hydroxylation is 1. The molecule has 0 heterocycles. The SMILES string of the molecule is Cc1cc(F)c(C(F)(F)Oc2ccc(F)c(F)c2)c(F)c1. The van der Waals surface area contributed by atoms with Crippen LogP contribution in [0.15, 0.2) is 30.3 Å². The van der Waals surface area contributed by atoms with Gasteiger partial charge in [0.15, 0.2) is 11.6 Å². The predicted molar refractivity (Wildman–Crippen MR) is 62.0 cm³/mol. The molecule has 112 valence electrons. The predicted octanol–water partition coefficient (Wildman–Crippen LogP) is 4.68. The van der Waals surface area contributed by atoms with Crippen molar-refractivity contribution >= 4 is 0 Å². The first kappa shape index (κ1) is 15.2. The van der Waals surface area contributed by atoms with Gasteiger partial charge in [-0.1, -0.05) is 0 Å². The second kappa shape index (κ2) is 5.31. The summed E-state index contributed by atoms with van der Waals surface area (Å²) in [5.41, 5.74) is -1.49. The van der Waals surface area contributed by atoms with Crippen molar-refractivity contribution in [1.82, 2.24) is 0 Å². The molecule has 0 bridgehead atoms. The lowest BCUT2D eigenvalue weighted by atomic mass is 10.1. The summed E-state index contributed by atoms with van der Waals surface area (Å²) in [6, 6.07) is 3.05. The molecule has 0 aromatic heterocycles. The van der Waals surface area contributed by atoms with Gasteiger partial charge in [-0.25, -0.2) is 17.6 Å². The van der Waals surface area contributed by atoms with E-state index in [2.05, 4.69) is 4.74 Å². The summed E-state index contributed by atoms with van der Waals surface area (Å²) >= 11 is 0. The van der Waals surface area contributed by atoms with Crippen molar-refractivity contribution < 1.29 is 31.1 Å². The zero-order valence-electron chi connectivity index (χ0n) is 10.6. The number of rotatable bonds is 3. The molecule has 0 radical (unpaired) electrons. The fourth-order valence-electron chi connectivity index (χ4n) is 1.72.